The molecule has 0 aliphatic heterocycles. The number of benzene rings is 1. The topological polar surface area (TPSA) is 45.7 Å². The third kappa shape index (κ3) is 8.16. The molecule has 0 saturated carbocycles. The number of nitrogens with one attached hydrogen (secondary N) is 2. The Balaban J connectivity index is 2.53. The molecule has 1 aromatic rings. The van der Waals surface area contributed by atoms with Crippen LogP contribution < -0.4 is 15.4 Å². The average molecular weight is 338 g/mol. The summed E-state index contributed by atoms with van der Waals surface area (Å²) in [7, 11) is 0. The van der Waals surface area contributed by atoms with Crippen LogP contribution in [0.4, 0.5) is 0 Å². The zero-order valence-corrected chi connectivity index (χ0v) is 15.8. The molecule has 23 heavy (non-hydrogen) atoms. The van der Waals surface area contributed by atoms with Crippen LogP contribution in [0.3, 0.4) is 0 Å². The molecule has 0 saturated heterocycles. The van der Waals surface area contributed by atoms with Gasteiger partial charge in [-0.25, -0.2) is 4.99 Å². The van der Waals surface area contributed by atoms with Crippen LogP contribution in [0.15, 0.2) is 23.2 Å². The molecule has 1 rings (SSSR count). The fourth-order valence-corrected chi connectivity index (χ4v) is 2.71. The van der Waals surface area contributed by atoms with E-state index >= 15 is 0 Å². The van der Waals surface area contributed by atoms with Gasteiger partial charge in [0.05, 0.1) is 13.2 Å². The molecule has 0 aliphatic carbocycles. The highest BCUT2D eigenvalue weighted by Gasteiger charge is 2.01. The minimum absolute atomic E-state index is 0.674. The SMILES string of the molecule is CCNC(=NCc1ccc(OCC)c(C)c1)NCCCCSC. The normalized spacial score (nSPS) is 11.4. The van der Waals surface area contributed by atoms with Gasteiger partial charge < -0.3 is 15.4 Å². The lowest BCUT2D eigenvalue weighted by molar-refractivity contribution is 0.338. The highest BCUT2D eigenvalue weighted by molar-refractivity contribution is 7.98. The quantitative estimate of drug-likeness (QED) is 0.389. The Morgan fingerprint density at radius 1 is 1.22 bits per heavy atom. The molecule has 5 heteroatoms. The number of unbranched alkanes of at least 4 members (excludes halogenated alkanes) is 1. The van der Waals surface area contributed by atoms with Gasteiger partial charge in [-0.3, -0.25) is 0 Å². The second-order valence-corrected chi connectivity index (χ2v) is 6.34. The van der Waals surface area contributed by atoms with Crippen molar-refractivity contribution in [3.63, 3.8) is 0 Å². The second kappa shape index (κ2) is 12.1. The van der Waals surface area contributed by atoms with Gasteiger partial charge in [-0.2, -0.15) is 11.8 Å². The predicted molar refractivity (Wildman–Crippen MR) is 103 cm³/mol. The zero-order valence-electron chi connectivity index (χ0n) is 14.9. The van der Waals surface area contributed by atoms with E-state index in [1.165, 1.54) is 24.2 Å². The summed E-state index contributed by atoms with van der Waals surface area (Å²) in [6.45, 7) is 9.38. The predicted octanol–water partition coefficient (Wildman–Crippen LogP) is 3.59. The molecule has 0 unspecified atom stereocenters. The van der Waals surface area contributed by atoms with Gasteiger partial charge in [0.1, 0.15) is 5.75 Å². The molecule has 4 nitrogen and oxygen atoms in total. The highest BCUT2D eigenvalue weighted by atomic mass is 32.2. The van der Waals surface area contributed by atoms with Crippen LogP contribution in [0.2, 0.25) is 0 Å². The maximum atomic E-state index is 5.58. The van der Waals surface area contributed by atoms with Gasteiger partial charge in [-0.05, 0) is 62.8 Å². The molecule has 1 aromatic carbocycles. The smallest absolute Gasteiger partial charge is 0.191 e. The summed E-state index contributed by atoms with van der Waals surface area (Å²) in [6, 6.07) is 6.27. The van der Waals surface area contributed by atoms with Crippen LogP contribution in [-0.2, 0) is 6.54 Å². The Bertz CT molecular complexity index is 477. The van der Waals surface area contributed by atoms with Crippen molar-refractivity contribution in [1.29, 1.82) is 0 Å². The fraction of sp³-hybridized carbons (Fsp3) is 0.611. The molecular formula is C18H31N3OS. The van der Waals surface area contributed by atoms with Crippen LogP contribution >= 0.6 is 11.8 Å². The van der Waals surface area contributed by atoms with E-state index < -0.39 is 0 Å². The first-order valence-electron chi connectivity index (χ1n) is 8.44. The highest BCUT2D eigenvalue weighted by Crippen LogP contribution is 2.19. The van der Waals surface area contributed by atoms with E-state index in [0.29, 0.717) is 13.2 Å². The molecule has 0 bridgehead atoms. The first-order valence-corrected chi connectivity index (χ1v) is 9.84. The van der Waals surface area contributed by atoms with Gasteiger partial charge in [0.15, 0.2) is 5.96 Å². The molecule has 0 radical (unpaired) electrons. The first kappa shape index (κ1) is 19.7. The Kier molecular flexibility index (Phi) is 10.4. The maximum absolute atomic E-state index is 5.58. The lowest BCUT2D eigenvalue weighted by Gasteiger charge is -2.12. The van der Waals surface area contributed by atoms with E-state index in [4.69, 9.17) is 4.74 Å². The molecular weight excluding hydrogens is 306 g/mol. The van der Waals surface area contributed by atoms with Crippen molar-refractivity contribution in [3.05, 3.63) is 29.3 Å². The van der Waals surface area contributed by atoms with E-state index in [1.807, 2.05) is 24.8 Å². The lowest BCUT2D eigenvalue weighted by atomic mass is 10.1. The van der Waals surface area contributed by atoms with Gasteiger partial charge in [0.25, 0.3) is 0 Å². The number of thioether (sulfide) groups is 1. The van der Waals surface area contributed by atoms with Crippen LogP contribution in [0.25, 0.3) is 0 Å². The number of hydrogen-bond acceptors (Lipinski definition) is 3. The van der Waals surface area contributed by atoms with Crippen molar-refractivity contribution >= 4 is 17.7 Å². The van der Waals surface area contributed by atoms with Crippen LogP contribution in [0.5, 0.6) is 5.75 Å². The molecule has 0 spiro atoms. The van der Waals surface area contributed by atoms with Gasteiger partial charge in [-0.15, -0.1) is 0 Å². The first-order chi connectivity index (χ1) is 11.2. The van der Waals surface area contributed by atoms with E-state index in [2.05, 4.69) is 47.9 Å². The third-order valence-corrected chi connectivity index (χ3v) is 4.07. The summed E-state index contributed by atoms with van der Waals surface area (Å²) >= 11 is 1.90. The van der Waals surface area contributed by atoms with Gasteiger partial charge >= 0.3 is 0 Å². The number of nitrogens with zero attached hydrogens (tertiary/aromatic N) is 1. The summed E-state index contributed by atoms with van der Waals surface area (Å²) in [5, 5.41) is 6.70. The standard InChI is InChI=1S/C18H31N3OS/c1-5-19-18(20-11-7-8-12-23-4)21-14-16-9-10-17(22-6-2)15(3)13-16/h9-10,13H,5-8,11-12,14H2,1-4H3,(H2,19,20,21). The molecule has 130 valence electrons. The van der Waals surface area contributed by atoms with E-state index in [-0.39, 0.29) is 0 Å². The van der Waals surface area contributed by atoms with E-state index in [0.717, 1.165) is 30.4 Å². The molecule has 0 amide bonds. The summed E-state index contributed by atoms with van der Waals surface area (Å²) in [6.07, 6.45) is 4.57. The third-order valence-electron chi connectivity index (χ3n) is 3.37. The zero-order chi connectivity index (χ0) is 16.9. The number of aryl methyl sites for hydroxylation is 1. The number of hydrogen-bond donors (Lipinski definition) is 2. The number of aliphatic imine (C=N–C) groups is 1. The number of guanidine groups is 1. The fourth-order valence-electron chi connectivity index (χ4n) is 2.22. The van der Waals surface area contributed by atoms with Crippen LogP contribution in [0.1, 0.15) is 37.8 Å². The molecule has 0 atom stereocenters. The summed E-state index contributed by atoms with van der Waals surface area (Å²) in [5.41, 5.74) is 2.36. The molecule has 0 heterocycles. The molecule has 0 aromatic heterocycles. The molecule has 0 fully saturated rings. The van der Waals surface area contributed by atoms with Gasteiger partial charge in [-0.1, -0.05) is 12.1 Å². The van der Waals surface area contributed by atoms with Gasteiger partial charge in [0.2, 0.25) is 0 Å². The summed E-state index contributed by atoms with van der Waals surface area (Å²) < 4.78 is 5.58. The van der Waals surface area contributed by atoms with E-state index in [9.17, 15) is 0 Å². The minimum atomic E-state index is 0.674. The largest absolute Gasteiger partial charge is 0.494 e. The van der Waals surface area contributed by atoms with Crippen molar-refractivity contribution in [2.45, 2.75) is 40.2 Å². The van der Waals surface area contributed by atoms with Crippen LogP contribution in [0, 0.1) is 6.92 Å². The Hall–Kier alpha value is -1.36. The summed E-state index contributed by atoms with van der Waals surface area (Å²) in [5.74, 6) is 3.07. The van der Waals surface area contributed by atoms with Crippen LogP contribution in [-0.4, -0.2) is 37.7 Å². The Morgan fingerprint density at radius 3 is 2.70 bits per heavy atom. The molecule has 2 N–H and O–H groups in total. The summed E-state index contributed by atoms with van der Waals surface area (Å²) in [4.78, 5) is 4.67. The van der Waals surface area contributed by atoms with Crippen molar-refractivity contribution < 1.29 is 4.74 Å². The monoisotopic (exact) mass is 337 g/mol. The van der Waals surface area contributed by atoms with Crippen molar-refractivity contribution in [2.24, 2.45) is 4.99 Å². The van der Waals surface area contributed by atoms with E-state index in [1.54, 1.807) is 0 Å². The Morgan fingerprint density at radius 2 is 2.04 bits per heavy atom. The number of ether oxygens (including phenoxy) is 1. The van der Waals surface area contributed by atoms with Crippen molar-refractivity contribution in [2.75, 3.05) is 31.7 Å². The van der Waals surface area contributed by atoms with Gasteiger partial charge in [0, 0.05) is 13.1 Å². The van der Waals surface area contributed by atoms with Crippen molar-refractivity contribution in [1.82, 2.24) is 10.6 Å². The number of rotatable bonds is 10. The maximum Gasteiger partial charge on any atom is 0.191 e. The van der Waals surface area contributed by atoms with Crippen molar-refractivity contribution in [3.8, 4) is 5.75 Å². The minimum Gasteiger partial charge on any atom is -0.494 e. The second-order valence-electron chi connectivity index (χ2n) is 5.35. The Labute approximate surface area is 145 Å². The molecule has 0 aliphatic rings. The lowest BCUT2D eigenvalue weighted by Crippen LogP contribution is -2.37. The average Bonchev–Trinajstić information content (AvgIpc) is 2.54.